The largest absolute Gasteiger partial charge is 0.444 e. The van der Waals surface area contributed by atoms with E-state index in [-0.39, 0.29) is 24.3 Å². The summed E-state index contributed by atoms with van der Waals surface area (Å²) in [6, 6.07) is 13.9. The van der Waals surface area contributed by atoms with Crippen LogP contribution >= 0.6 is 0 Å². The SMILES string of the molecule is CC(C)[C@H](NC(=O)OC(C)(C)C)C(=O)Nc1ccc2c(c1)CCC21OC(=O)N(CC(=O)N(Cc2ccccc2)[C@@H](C)C2CC2)C1=O. The monoisotopic (exact) mass is 632 g/mol. The van der Waals surface area contributed by atoms with E-state index >= 15 is 0 Å². The van der Waals surface area contributed by atoms with Crippen molar-refractivity contribution < 1.29 is 33.4 Å². The van der Waals surface area contributed by atoms with Crippen molar-refractivity contribution in [1.82, 2.24) is 15.1 Å². The molecule has 2 N–H and O–H groups in total. The fourth-order valence-electron chi connectivity index (χ4n) is 6.22. The van der Waals surface area contributed by atoms with Gasteiger partial charge in [0.2, 0.25) is 17.4 Å². The van der Waals surface area contributed by atoms with Gasteiger partial charge in [0, 0.05) is 30.3 Å². The Balaban J connectivity index is 1.28. The molecule has 3 atom stereocenters. The molecule has 1 aliphatic heterocycles. The molecule has 2 fully saturated rings. The summed E-state index contributed by atoms with van der Waals surface area (Å²) in [5, 5.41) is 5.49. The molecule has 2 aromatic rings. The summed E-state index contributed by atoms with van der Waals surface area (Å²) in [6.07, 6.45) is 1.23. The highest BCUT2D eigenvalue weighted by molar-refractivity contribution is 6.06. The number of alkyl carbamates (subject to hydrolysis) is 1. The first-order valence-electron chi connectivity index (χ1n) is 16.0. The molecule has 2 aliphatic carbocycles. The highest BCUT2D eigenvalue weighted by Crippen LogP contribution is 2.46. The molecule has 11 nitrogen and oxygen atoms in total. The molecule has 46 heavy (non-hydrogen) atoms. The van der Waals surface area contributed by atoms with E-state index < -0.39 is 47.8 Å². The van der Waals surface area contributed by atoms with Gasteiger partial charge in [-0.1, -0.05) is 50.2 Å². The van der Waals surface area contributed by atoms with Crippen molar-refractivity contribution in [3.63, 3.8) is 0 Å². The molecule has 1 heterocycles. The Morgan fingerprint density at radius 2 is 1.76 bits per heavy atom. The fraction of sp³-hybridized carbons (Fsp3) is 0.514. The van der Waals surface area contributed by atoms with E-state index in [4.69, 9.17) is 9.47 Å². The maximum Gasteiger partial charge on any atom is 0.418 e. The number of anilines is 1. The van der Waals surface area contributed by atoms with Gasteiger partial charge in [0.1, 0.15) is 18.2 Å². The van der Waals surface area contributed by atoms with Crippen LogP contribution in [0.2, 0.25) is 0 Å². The van der Waals surface area contributed by atoms with E-state index in [1.807, 2.05) is 51.1 Å². The minimum Gasteiger partial charge on any atom is -0.444 e. The average molecular weight is 633 g/mol. The Hall–Kier alpha value is -4.41. The van der Waals surface area contributed by atoms with Crippen molar-refractivity contribution in [3.05, 3.63) is 65.2 Å². The first-order chi connectivity index (χ1) is 21.7. The number of imide groups is 1. The lowest BCUT2D eigenvalue weighted by atomic mass is 9.94. The Bertz CT molecular complexity index is 1510. The van der Waals surface area contributed by atoms with Crippen molar-refractivity contribution in [1.29, 1.82) is 0 Å². The summed E-state index contributed by atoms with van der Waals surface area (Å²) in [6.45, 7) is 10.9. The van der Waals surface area contributed by atoms with Crippen molar-refractivity contribution in [2.75, 3.05) is 11.9 Å². The van der Waals surface area contributed by atoms with E-state index in [9.17, 15) is 24.0 Å². The van der Waals surface area contributed by atoms with Crippen LogP contribution in [0.3, 0.4) is 0 Å². The van der Waals surface area contributed by atoms with Crippen LogP contribution in [0.25, 0.3) is 0 Å². The molecule has 0 aromatic heterocycles. The molecule has 11 heteroatoms. The molecule has 5 rings (SSSR count). The van der Waals surface area contributed by atoms with Crippen LogP contribution in [-0.4, -0.2) is 63.9 Å². The molecule has 0 radical (unpaired) electrons. The third-order valence-corrected chi connectivity index (χ3v) is 8.85. The van der Waals surface area contributed by atoms with Gasteiger partial charge in [-0.2, -0.15) is 0 Å². The van der Waals surface area contributed by atoms with Gasteiger partial charge in [0.25, 0.3) is 5.91 Å². The average Bonchev–Trinajstić information content (AvgIpc) is 3.74. The van der Waals surface area contributed by atoms with Gasteiger partial charge in [-0.15, -0.1) is 0 Å². The minimum absolute atomic E-state index is 0.0224. The van der Waals surface area contributed by atoms with Gasteiger partial charge < -0.3 is 25.0 Å². The Kier molecular flexibility index (Phi) is 9.15. The quantitative estimate of drug-likeness (QED) is 0.371. The molecule has 1 spiro atoms. The summed E-state index contributed by atoms with van der Waals surface area (Å²) in [5.41, 5.74) is 0.522. The molecule has 0 bridgehead atoms. The first kappa shape index (κ1) is 33.0. The summed E-state index contributed by atoms with van der Waals surface area (Å²) in [7, 11) is 0. The normalized spacial score (nSPS) is 20.3. The smallest absolute Gasteiger partial charge is 0.418 e. The van der Waals surface area contributed by atoms with E-state index in [1.54, 1.807) is 43.9 Å². The second kappa shape index (κ2) is 12.8. The lowest BCUT2D eigenvalue weighted by Crippen LogP contribution is -2.48. The number of hydrogen-bond donors (Lipinski definition) is 2. The number of carbonyl (C=O) groups excluding carboxylic acids is 5. The highest BCUT2D eigenvalue weighted by atomic mass is 16.6. The van der Waals surface area contributed by atoms with Gasteiger partial charge in [-0.3, -0.25) is 14.4 Å². The maximum absolute atomic E-state index is 13.9. The Morgan fingerprint density at radius 1 is 1.07 bits per heavy atom. The van der Waals surface area contributed by atoms with E-state index in [0.29, 0.717) is 30.1 Å². The van der Waals surface area contributed by atoms with E-state index in [2.05, 4.69) is 10.6 Å². The van der Waals surface area contributed by atoms with E-state index in [0.717, 1.165) is 28.9 Å². The molecule has 3 aliphatic rings. The Labute approximate surface area is 270 Å². The number of amides is 5. The number of nitrogens with one attached hydrogen (secondary N) is 2. The van der Waals surface area contributed by atoms with Crippen LogP contribution < -0.4 is 10.6 Å². The van der Waals surface area contributed by atoms with Crippen LogP contribution in [0.15, 0.2) is 48.5 Å². The number of benzene rings is 2. The molecule has 1 saturated heterocycles. The summed E-state index contributed by atoms with van der Waals surface area (Å²) in [5.74, 6) is -1.09. The molecule has 5 amide bonds. The second-order valence-corrected chi connectivity index (χ2v) is 13.9. The third kappa shape index (κ3) is 7.03. The number of fused-ring (bicyclic) bond motifs is 2. The van der Waals surface area contributed by atoms with Gasteiger partial charge in [-0.05, 0) is 82.1 Å². The molecule has 1 unspecified atom stereocenters. The predicted octanol–water partition coefficient (Wildman–Crippen LogP) is 5.12. The van der Waals surface area contributed by atoms with Crippen molar-refractivity contribution in [2.45, 2.75) is 97.1 Å². The zero-order chi connectivity index (χ0) is 33.4. The lowest BCUT2D eigenvalue weighted by molar-refractivity contribution is -0.143. The number of ether oxygens (including phenoxy) is 2. The highest BCUT2D eigenvalue weighted by Gasteiger charge is 2.58. The van der Waals surface area contributed by atoms with Crippen LogP contribution in [0.5, 0.6) is 0 Å². The zero-order valence-electron chi connectivity index (χ0n) is 27.4. The lowest BCUT2D eigenvalue weighted by Gasteiger charge is -2.30. The number of nitrogens with zero attached hydrogens (tertiary/aromatic N) is 2. The Morgan fingerprint density at radius 3 is 2.39 bits per heavy atom. The minimum atomic E-state index is -1.51. The predicted molar refractivity (Wildman–Crippen MR) is 170 cm³/mol. The summed E-state index contributed by atoms with van der Waals surface area (Å²) in [4.78, 5) is 68.8. The standard InChI is InChI=1S/C35H44N4O7/c1-21(2)29(37-32(43)45-34(4,5)6)30(41)36-26-14-15-27-25(18-26)16-17-35(27)31(42)39(33(44)46-35)20-28(40)38(22(3)24-12-13-24)19-23-10-8-7-9-11-23/h7-11,14-15,18,21-22,24,29H,12-13,16-17,19-20H2,1-6H3,(H,36,41)(H,37,43)/t22-,29-,35?/m0/s1. The van der Waals surface area contributed by atoms with Gasteiger partial charge >= 0.3 is 12.2 Å². The third-order valence-electron chi connectivity index (χ3n) is 8.85. The molecule has 1 saturated carbocycles. The van der Waals surface area contributed by atoms with Gasteiger partial charge in [0.15, 0.2) is 0 Å². The molecule has 246 valence electrons. The maximum atomic E-state index is 13.9. The van der Waals surface area contributed by atoms with Crippen molar-refractivity contribution in [2.24, 2.45) is 11.8 Å². The molecular formula is C35H44N4O7. The van der Waals surface area contributed by atoms with Crippen molar-refractivity contribution in [3.8, 4) is 0 Å². The molecule has 2 aromatic carbocycles. The van der Waals surface area contributed by atoms with Crippen LogP contribution in [0.1, 0.15) is 77.5 Å². The topological polar surface area (TPSA) is 134 Å². The van der Waals surface area contributed by atoms with Crippen LogP contribution in [-0.2, 0) is 42.4 Å². The summed E-state index contributed by atoms with van der Waals surface area (Å²) < 4.78 is 11.1. The number of carbonyl (C=O) groups is 5. The van der Waals surface area contributed by atoms with Crippen LogP contribution in [0, 0.1) is 11.8 Å². The number of hydrogen-bond acceptors (Lipinski definition) is 7. The van der Waals surface area contributed by atoms with Crippen molar-refractivity contribution >= 4 is 35.6 Å². The van der Waals surface area contributed by atoms with Gasteiger partial charge in [-0.25, -0.2) is 14.5 Å². The number of rotatable bonds is 10. The zero-order valence-corrected chi connectivity index (χ0v) is 27.4. The second-order valence-electron chi connectivity index (χ2n) is 13.9. The first-order valence-corrected chi connectivity index (χ1v) is 16.0. The molecular weight excluding hydrogens is 588 g/mol. The summed E-state index contributed by atoms with van der Waals surface area (Å²) >= 11 is 0. The van der Waals surface area contributed by atoms with E-state index in [1.165, 1.54) is 0 Å². The fourth-order valence-corrected chi connectivity index (χ4v) is 6.22. The number of aryl methyl sites for hydroxylation is 1. The van der Waals surface area contributed by atoms with Gasteiger partial charge in [0.05, 0.1) is 0 Å². The van der Waals surface area contributed by atoms with Crippen LogP contribution in [0.4, 0.5) is 15.3 Å².